The molecule has 2 heterocycles. The van der Waals surface area contributed by atoms with Gasteiger partial charge in [0.2, 0.25) is 5.91 Å². The van der Waals surface area contributed by atoms with Crippen LogP contribution in [0.4, 0.5) is 5.69 Å². The van der Waals surface area contributed by atoms with E-state index in [0.717, 1.165) is 22.3 Å². The summed E-state index contributed by atoms with van der Waals surface area (Å²) in [5.41, 5.74) is 2.87. The fraction of sp³-hybridized carbons (Fsp3) is 0.304. The second-order valence-electron chi connectivity index (χ2n) is 7.30. The van der Waals surface area contributed by atoms with Gasteiger partial charge in [0.25, 0.3) is 5.91 Å². The molecule has 0 unspecified atom stereocenters. The number of fused-ring (bicyclic) bond motifs is 2. The van der Waals surface area contributed by atoms with E-state index in [1.165, 1.54) is 35.8 Å². The number of ether oxygens (including phenoxy) is 2. The molecule has 2 aromatic carbocycles. The SMILES string of the molecule is COC(=O)Cn1c(=NC(=O)CSCC(=O)N2CCc3ccccc32)sc2cc(OC)ccc21. The number of methoxy groups -OCH3 is 2. The van der Waals surface area contributed by atoms with Gasteiger partial charge < -0.3 is 18.9 Å². The monoisotopic (exact) mass is 485 g/mol. The Morgan fingerprint density at radius 1 is 1.12 bits per heavy atom. The van der Waals surface area contributed by atoms with Crippen LogP contribution in [0.1, 0.15) is 5.56 Å². The van der Waals surface area contributed by atoms with Crippen molar-refractivity contribution in [1.29, 1.82) is 0 Å². The molecule has 3 aromatic rings. The lowest BCUT2D eigenvalue weighted by molar-refractivity contribution is -0.141. The molecule has 8 nitrogen and oxygen atoms in total. The van der Waals surface area contributed by atoms with Gasteiger partial charge in [0.15, 0.2) is 4.80 Å². The van der Waals surface area contributed by atoms with Crippen molar-refractivity contribution in [2.24, 2.45) is 4.99 Å². The number of thioether (sulfide) groups is 1. The van der Waals surface area contributed by atoms with Crippen molar-refractivity contribution in [2.45, 2.75) is 13.0 Å². The molecule has 4 rings (SSSR count). The molecule has 0 saturated carbocycles. The van der Waals surface area contributed by atoms with Gasteiger partial charge in [0, 0.05) is 12.2 Å². The largest absolute Gasteiger partial charge is 0.497 e. The maximum atomic E-state index is 12.6. The minimum atomic E-state index is -0.440. The van der Waals surface area contributed by atoms with E-state index in [1.807, 2.05) is 36.4 Å². The van der Waals surface area contributed by atoms with E-state index in [-0.39, 0.29) is 29.9 Å². The van der Waals surface area contributed by atoms with Crippen molar-refractivity contribution in [3.8, 4) is 5.75 Å². The van der Waals surface area contributed by atoms with Crippen LogP contribution in [0.15, 0.2) is 47.5 Å². The highest BCUT2D eigenvalue weighted by Gasteiger charge is 2.24. The van der Waals surface area contributed by atoms with Gasteiger partial charge in [0.05, 0.1) is 35.9 Å². The molecule has 0 aliphatic carbocycles. The molecular weight excluding hydrogens is 462 g/mol. The number of rotatable bonds is 7. The zero-order chi connectivity index (χ0) is 23.4. The van der Waals surface area contributed by atoms with Crippen molar-refractivity contribution in [2.75, 3.05) is 37.2 Å². The third kappa shape index (κ3) is 5.12. The van der Waals surface area contributed by atoms with E-state index < -0.39 is 5.97 Å². The quantitative estimate of drug-likeness (QED) is 0.478. The maximum absolute atomic E-state index is 12.6. The summed E-state index contributed by atoms with van der Waals surface area (Å²) in [5, 5.41) is 0. The molecule has 172 valence electrons. The number of anilines is 1. The van der Waals surface area contributed by atoms with Gasteiger partial charge in [-0.2, -0.15) is 4.99 Å². The number of benzene rings is 2. The maximum Gasteiger partial charge on any atom is 0.325 e. The first kappa shape index (κ1) is 23.1. The Morgan fingerprint density at radius 2 is 1.94 bits per heavy atom. The molecule has 1 aliphatic rings. The molecular formula is C23H23N3O5S2. The summed E-state index contributed by atoms with van der Waals surface area (Å²) >= 11 is 2.53. The second kappa shape index (κ2) is 10.2. The molecule has 2 amide bonds. The summed E-state index contributed by atoms with van der Waals surface area (Å²) in [7, 11) is 2.89. The number of para-hydroxylation sites is 1. The summed E-state index contributed by atoms with van der Waals surface area (Å²) < 4.78 is 12.5. The summed E-state index contributed by atoms with van der Waals surface area (Å²) in [6, 6.07) is 13.3. The van der Waals surface area contributed by atoms with Crippen LogP contribution in [0, 0.1) is 0 Å². The van der Waals surface area contributed by atoms with Crippen LogP contribution in [0.25, 0.3) is 10.2 Å². The van der Waals surface area contributed by atoms with Crippen LogP contribution >= 0.6 is 23.1 Å². The zero-order valence-corrected chi connectivity index (χ0v) is 19.9. The topological polar surface area (TPSA) is 90.2 Å². The molecule has 33 heavy (non-hydrogen) atoms. The summed E-state index contributed by atoms with van der Waals surface area (Å²) in [6.07, 6.45) is 0.845. The lowest BCUT2D eigenvalue weighted by Gasteiger charge is -2.16. The molecule has 0 bridgehead atoms. The van der Waals surface area contributed by atoms with Crippen LogP contribution in [0.5, 0.6) is 5.75 Å². The smallest absolute Gasteiger partial charge is 0.325 e. The molecule has 0 radical (unpaired) electrons. The predicted octanol–water partition coefficient (Wildman–Crippen LogP) is 2.63. The zero-order valence-electron chi connectivity index (χ0n) is 18.3. The van der Waals surface area contributed by atoms with Crippen LogP contribution < -0.4 is 14.4 Å². The molecule has 1 aliphatic heterocycles. The van der Waals surface area contributed by atoms with Crippen molar-refractivity contribution < 1.29 is 23.9 Å². The number of carbonyl (C=O) groups is 3. The van der Waals surface area contributed by atoms with Crippen LogP contribution in [0.3, 0.4) is 0 Å². The molecule has 0 spiro atoms. The minimum Gasteiger partial charge on any atom is -0.497 e. The number of thiazole rings is 1. The average Bonchev–Trinajstić information content (AvgIpc) is 3.40. The molecule has 1 aromatic heterocycles. The van der Waals surface area contributed by atoms with E-state index in [2.05, 4.69) is 4.99 Å². The van der Waals surface area contributed by atoms with E-state index in [1.54, 1.807) is 22.6 Å². The Bertz CT molecular complexity index is 1280. The molecule has 10 heteroatoms. The van der Waals surface area contributed by atoms with E-state index >= 15 is 0 Å². The van der Waals surface area contributed by atoms with E-state index in [4.69, 9.17) is 9.47 Å². The standard InChI is InChI=1S/C23H23N3O5S2/c1-30-16-7-8-18-19(11-16)33-23(26(18)12-22(29)31-2)24-20(27)13-32-14-21(28)25-10-9-15-5-3-4-6-17(15)25/h3-8,11H,9-10,12-14H2,1-2H3. The van der Waals surface area contributed by atoms with Crippen LogP contribution in [-0.4, -0.2) is 54.6 Å². The van der Waals surface area contributed by atoms with Crippen molar-refractivity contribution in [3.05, 3.63) is 52.8 Å². The fourth-order valence-electron chi connectivity index (χ4n) is 3.65. The van der Waals surface area contributed by atoms with Gasteiger partial charge in [-0.1, -0.05) is 29.5 Å². The third-order valence-electron chi connectivity index (χ3n) is 5.26. The molecule has 0 atom stereocenters. The Kier molecular flexibility index (Phi) is 7.14. The van der Waals surface area contributed by atoms with Gasteiger partial charge in [-0.3, -0.25) is 14.4 Å². The second-order valence-corrected chi connectivity index (χ2v) is 9.30. The number of aromatic nitrogens is 1. The fourth-order valence-corrected chi connectivity index (χ4v) is 5.40. The highest BCUT2D eigenvalue weighted by molar-refractivity contribution is 8.00. The highest BCUT2D eigenvalue weighted by atomic mass is 32.2. The van der Waals surface area contributed by atoms with E-state index in [0.29, 0.717) is 17.1 Å². The van der Waals surface area contributed by atoms with Gasteiger partial charge in [0.1, 0.15) is 12.3 Å². The Hall–Kier alpha value is -3.11. The van der Waals surface area contributed by atoms with Crippen LogP contribution in [-0.2, 0) is 32.1 Å². The number of amides is 2. The number of nitrogens with zero attached hydrogens (tertiary/aromatic N) is 3. The van der Waals surface area contributed by atoms with Gasteiger partial charge in [-0.05, 0) is 36.2 Å². The van der Waals surface area contributed by atoms with Crippen molar-refractivity contribution >= 4 is 56.8 Å². The molecule has 0 saturated heterocycles. The number of esters is 1. The Morgan fingerprint density at radius 3 is 2.73 bits per heavy atom. The summed E-state index contributed by atoms with van der Waals surface area (Å²) in [4.78, 5) is 43.5. The first-order valence-electron chi connectivity index (χ1n) is 10.3. The number of carbonyl (C=O) groups excluding carboxylic acids is 3. The summed E-state index contributed by atoms with van der Waals surface area (Å²) in [5.74, 6) is 0.104. The average molecular weight is 486 g/mol. The molecule has 0 fully saturated rings. The highest BCUT2D eigenvalue weighted by Crippen LogP contribution is 2.28. The first-order valence-corrected chi connectivity index (χ1v) is 12.2. The lowest BCUT2D eigenvalue weighted by atomic mass is 10.2. The van der Waals surface area contributed by atoms with Crippen LogP contribution in [0.2, 0.25) is 0 Å². The van der Waals surface area contributed by atoms with Gasteiger partial charge >= 0.3 is 5.97 Å². The third-order valence-corrected chi connectivity index (χ3v) is 7.21. The van der Waals surface area contributed by atoms with Crippen molar-refractivity contribution in [1.82, 2.24) is 4.57 Å². The van der Waals surface area contributed by atoms with Crippen molar-refractivity contribution in [3.63, 3.8) is 0 Å². The Balaban J connectivity index is 1.46. The van der Waals surface area contributed by atoms with E-state index in [9.17, 15) is 14.4 Å². The Labute approximate surface area is 198 Å². The first-order chi connectivity index (χ1) is 16.0. The lowest BCUT2D eigenvalue weighted by Crippen LogP contribution is -2.30. The summed E-state index contributed by atoms with van der Waals surface area (Å²) in [6.45, 7) is 0.602. The molecule has 0 N–H and O–H groups in total. The normalized spacial score (nSPS) is 13.3. The number of hydrogen-bond donors (Lipinski definition) is 0. The minimum absolute atomic E-state index is 0.0209. The number of hydrogen-bond acceptors (Lipinski definition) is 7. The van der Waals surface area contributed by atoms with Gasteiger partial charge in [-0.15, -0.1) is 11.8 Å². The predicted molar refractivity (Wildman–Crippen MR) is 129 cm³/mol. The van der Waals surface area contributed by atoms with Gasteiger partial charge in [-0.25, -0.2) is 0 Å².